The van der Waals surface area contributed by atoms with Crippen molar-refractivity contribution in [1.29, 1.82) is 5.41 Å². The van der Waals surface area contributed by atoms with Crippen LogP contribution in [0.15, 0.2) is 22.7 Å². The summed E-state index contributed by atoms with van der Waals surface area (Å²) in [6.07, 6.45) is 5.08. The van der Waals surface area contributed by atoms with Gasteiger partial charge in [-0.05, 0) is 40.9 Å². The van der Waals surface area contributed by atoms with Gasteiger partial charge in [0.25, 0.3) is 0 Å². The molecule has 0 heterocycles. The minimum atomic E-state index is 0.123. The lowest BCUT2D eigenvalue weighted by Gasteiger charge is -2.28. The number of hydrogen-bond acceptors (Lipinski definition) is 2. The van der Waals surface area contributed by atoms with Gasteiger partial charge in [0.1, 0.15) is 5.84 Å². The van der Waals surface area contributed by atoms with Gasteiger partial charge in [-0.1, -0.05) is 18.9 Å². The molecule has 4 heteroatoms. The van der Waals surface area contributed by atoms with Gasteiger partial charge in [0.15, 0.2) is 0 Å². The number of nitrogen functional groups attached to an aromatic ring is 1. The molecular formula is C13H18BrN3. The molecule has 0 atom stereocenters. The molecule has 1 aromatic rings. The fourth-order valence-electron chi connectivity index (χ4n) is 2.56. The number of amidine groups is 1. The van der Waals surface area contributed by atoms with Crippen molar-refractivity contribution in [1.82, 2.24) is 0 Å². The Morgan fingerprint density at radius 1 is 1.41 bits per heavy atom. The maximum Gasteiger partial charge on any atom is 0.126 e. The molecule has 0 amide bonds. The zero-order valence-electron chi connectivity index (χ0n) is 10.0. The molecule has 3 nitrogen and oxygen atoms in total. The maximum atomic E-state index is 7.70. The van der Waals surface area contributed by atoms with Crippen molar-refractivity contribution < 1.29 is 0 Å². The van der Waals surface area contributed by atoms with E-state index in [1.165, 1.54) is 25.7 Å². The molecule has 92 valence electrons. The second kappa shape index (κ2) is 5.08. The van der Waals surface area contributed by atoms with E-state index >= 15 is 0 Å². The monoisotopic (exact) mass is 295 g/mol. The summed E-state index contributed by atoms with van der Waals surface area (Å²) in [6.45, 7) is 0. The van der Waals surface area contributed by atoms with Crippen LogP contribution in [0.25, 0.3) is 0 Å². The quantitative estimate of drug-likeness (QED) is 0.665. The van der Waals surface area contributed by atoms with E-state index < -0.39 is 0 Å². The number of hydrogen-bond donors (Lipinski definition) is 2. The molecule has 1 aromatic carbocycles. The first-order chi connectivity index (χ1) is 8.11. The summed E-state index contributed by atoms with van der Waals surface area (Å²) >= 11 is 3.48. The van der Waals surface area contributed by atoms with Crippen LogP contribution >= 0.6 is 15.9 Å². The summed E-state index contributed by atoms with van der Waals surface area (Å²) in [5.74, 6) is 0.123. The Bertz CT molecular complexity index is 425. The summed E-state index contributed by atoms with van der Waals surface area (Å²) < 4.78 is 0.896. The Morgan fingerprint density at radius 2 is 2.06 bits per heavy atom. The highest BCUT2D eigenvalue weighted by molar-refractivity contribution is 9.10. The van der Waals surface area contributed by atoms with Crippen LogP contribution in [0.4, 0.5) is 5.69 Å². The third kappa shape index (κ3) is 2.46. The lowest BCUT2D eigenvalue weighted by Crippen LogP contribution is -2.31. The van der Waals surface area contributed by atoms with Gasteiger partial charge in [-0.25, -0.2) is 0 Å². The van der Waals surface area contributed by atoms with Crippen LogP contribution in [-0.2, 0) is 0 Å². The van der Waals surface area contributed by atoms with Gasteiger partial charge in [-0.2, -0.15) is 0 Å². The van der Waals surface area contributed by atoms with Gasteiger partial charge >= 0.3 is 0 Å². The first kappa shape index (κ1) is 12.4. The van der Waals surface area contributed by atoms with Crippen molar-refractivity contribution in [2.75, 3.05) is 11.9 Å². The van der Waals surface area contributed by atoms with Crippen LogP contribution < -0.4 is 10.6 Å². The number of nitrogens with one attached hydrogen (secondary N) is 1. The smallest absolute Gasteiger partial charge is 0.126 e. The molecule has 0 saturated heterocycles. The summed E-state index contributed by atoms with van der Waals surface area (Å²) in [7, 11) is 2.10. The minimum absolute atomic E-state index is 0.123. The van der Waals surface area contributed by atoms with Crippen LogP contribution in [0, 0.1) is 5.41 Å². The van der Waals surface area contributed by atoms with E-state index in [0.29, 0.717) is 6.04 Å². The van der Waals surface area contributed by atoms with Crippen molar-refractivity contribution in [3.8, 4) is 0 Å². The molecule has 1 fully saturated rings. The van der Waals surface area contributed by atoms with E-state index in [-0.39, 0.29) is 5.84 Å². The number of nitrogens with two attached hydrogens (primary N) is 1. The van der Waals surface area contributed by atoms with E-state index in [9.17, 15) is 0 Å². The van der Waals surface area contributed by atoms with E-state index in [1.54, 1.807) is 0 Å². The number of halogens is 1. The van der Waals surface area contributed by atoms with Crippen LogP contribution in [0.5, 0.6) is 0 Å². The lowest BCUT2D eigenvalue weighted by atomic mass is 10.1. The Morgan fingerprint density at radius 3 is 2.65 bits per heavy atom. The number of anilines is 1. The number of nitrogens with zero attached hydrogens (tertiary/aromatic N) is 1. The second-order valence-corrected chi connectivity index (χ2v) is 5.45. The minimum Gasteiger partial charge on any atom is -0.384 e. The molecular weight excluding hydrogens is 278 g/mol. The Kier molecular flexibility index (Phi) is 3.72. The van der Waals surface area contributed by atoms with Crippen molar-refractivity contribution in [2.45, 2.75) is 31.7 Å². The molecule has 1 aliphatic rings. The Labute approximate surface area is 111 Å². The molecule has 0 bridgehead atoms. The van der Waals surface area contributed by atoms with Gasteiger partial charge < -0.3 is 10.6 Å². The zero-order valence-corrected chi connectivity index (χ0v) is 11.6. The predicted molar refractivity (Wildman–Crippen MR) is 75.8 cm³/mol. The third-order valence-electron chi connectivity index (χ3n) is 3.51. The average Bonchev–Trinajstić information content (AvgIpc) is 2.80. The summed E-state index contributed by atoms with van der Waals surface area (Å²) in [6, 6.07) is 6.56. The topological polar surface area (TPSA) is 53.1 Å². The Balaban J connectivity index is 2.36. The standard InChI is InChI=1S/C13H18BrN3/c1-17(9-5-2-3-6-9)11-8-4-7-10(14)12(11)13(15)16/h4,7-9H,2-3,5-6H2,1H3,(H3,15,16). The highest BCUT2D eigenvalue weighted by atomic mass is 79.9. The molecule has 1 aliphatic carbocycles. The maximum absolute atomic E-state index is 7.70. The molecule has 3 N–H and O–H groups in total. The van der Waals surface area contributed by atoms with Crippen molar-refractivity contribution in [2.24, 2.45) is 5.73 Å². The molecule has 0 aliphatic heterocycles. The molecule has 0 aromatic heterocycles. The second-order valence-electron chi connectivity index (χ2n) is 4.60. The first-order valence-corrected chi connectivity index (χ1v) is 6.76. The highest BCUT2D eigenvalue weighted by Crippen LogP contribution is 2.32. The summed E-state index contributed by atoms with van der Waals surface area (Å²) in [5.41, 5.74) is 7.54. The van der Waals surface area contributed by atoms with Gasteiger partial charge in [0, 0.05) is 23.2 Å². The van der Waals surface area contributed by atoms with Gasteiger partial charge in [0.2, 0.25) is 0 Å². The largest absolute Gasteiger partial charge is 0.384 e. The number of rotatable bonds is 3. The van der Waals surface area contributed by atoms with E-state index in [1.807, 2.05) is 18.2 Å². The molecule has 0 radical (unpaired) electrons. The van der Waals surface area contributed by atoms with Gasteiger partial charge in [-0.15, -0.1) is 0 Å². The molecule has 0 spiro atoms. The molecule has 1 saturated carbocycles. The molecule has 0 unspecified atom stereocenters. The molecule has 17 heavy (non-hydrogen) atoms. The fourth-order valence-corrected chi connectivity index (χ4v) is 3.13. The van der Waals surface area contributed by atoms with Crippen LogP contribution in [-0.4, -0.2) is 18.9 Å². The summed E-state index contributed by atoms with van der Waals surface area (Å²) in [4.78, 5) is 2.27. The van der Waals surface area contributed by atoms with Crippen molar-refractivity contribution >= 4 is 27.5 Å². The van der Waals surface area contributed by atoms with Crippen LogP contribution in [0.3, 0.4) is 0 Å². The third-order valence-corrected chi connectivity index (χ3v) is 4.17. The van der Waals surface area contributed by atoms with Crippen LogP contribution in [0.2, 0.25) is 0 Å². The summed E-state index contributed by atoms with van der Waals surface area (Å²) in [5, 5.41) is 7.70. The Hall–Kier alpha value is -1.03. The van der Waals surface area contributed by atoms with Crippen molar-refractivity contribution in [3.05, 3.63) is 28.2 Å². The van der Waals surface area contributed by atoms with Gasteiger partial charge in [-0.3, -0.25) is 5.41 Å². The fraction of sp³-hybridized carbons (Fsp3) is 0.462. The average molecular weight is 296 g/mol. The normalized spacial score (nSPS) is 16.1. The van der Waals surface area contributed by atoms with Gasteiger partial charge in [0.05, 0.1) is 5.56 Å². The van der Waals surface area contributed by atoms with Crippen LogP contribution in [0.1, 0.15) is 31.2 Å². The molecule has 2 rings (SSSR count). The lowest BCUT2D eigenvalue weighted by molar-refractivity contribution is 0.653. The van der Waals surface area contributed by atoms with E-state index in [4.69, 9.17) is 11.1 Å². The SMILES string of the molecule is CN(c1cccc(Br)c1C(=N)N)C1CCCC1. The van der Waals surface area contributed by atoms with Crippen molar-refractivity contribution in [3.63, 3.8) is 0 Å². The first-order valence-electron chi connectivity index (χ1n) is 5.97. The number of benzene rings is 1. The predicted octanol–water partition coefficient (Wildman–Crippen LogP) is 3.11. The zero-order chi connectivity index (χ0) is 12.4. The van der Waals surface area contributed by atoms with E-state index in [0.717, 1.165) is 15.7 Å². The highest BCUT2D eigenvalue weighted by Gasteiger charge is 2.22. The van der Waals surface area contributed by atoms with E-state index in [2.05, 4.69) is 27.9 Å².